The van der Waals surface area contributed by atoms with Crippen LogP contribution in [0.2, 0.25) is 0 Å². The highest BCUT2D eigenvalue weighted by atomic mass is 16.4. The molecule has 26 heavy (non-hydrogen) atoms. The zero-order valence-corrected chi connectivity index (χ0v) is 14.4. The number of rotatable bonds is 5. The minimum atomic E-state index is -0.870. The standard InChI is InChI=1S/C6H10O4.2C5H7NO2/c7-5(8)3-1-2-4-6(9)10;2*7-4-2-1-3-5(8)6-4/h1-4H2,(H,7,8)(H,9,10);2*1-3H2,(H,6,7,8). The number of imide groups is 2. The number of hydrogen-bond donors (Lipinski definition) is 4. The Kier molecular flexibility index (Phi) is 12.1. The highest BCUT2D eigenvalue weighted by Gasteiger charge is 2.13. The van der Waals surface area contributed by atoms with Gasteiger partial charge in [-0.3, -0.25) is 39.4 Å². The van der Waals surface area contributed by atoms with Crippen LogP contribution in [-0.4, -0.2) is 45.8 Å². The molecule has 2 aliphatic heterocycles. The normalized spacial score (nSPS) is 16.2. The van der Waals surface area contributed by atoms with Crippen LogP contribution in [0.1, 0.15) is 64.2 Å². The molecule has 0 spiro atoms. The van der Waals surface area contributed by atoms with E-state index in [4.69, 9.17) is 10.2 Å². The molecule has 0 bridgehead atoms. The third-order valence-electron chi connectivity index (χ3n) is 3.20. The number of piperidine rings is 2. The van der Waals surface area contributed by atoms with E-state index in [1.807, 2.05) is 0 Å². The molecule has 0 saturated carbocycles. The smallest absolute Gasteiger partial charge is 0.303 e. The minimum absolute atomic E-state index is 0.0628. The Bertz CT molecular complexity index is 468. The van der Waals surface area contributed by atoms with Crippen LogP contribution in [0.15, 0.2) is 0 Å². The van der Waals surface area contributed by atoms with Crippen molar-refractivity contribution in [3.05, 3.63) is 0 Å². The summed E-state index contributed by atoms with van der Waals surface area (Å²) in [6.45, 7) is 0. The lowest BCUT2D eigenvalue weighted by Gasteiger charge is -2.07. The lowest BCUT2D eigenvalue weighted by molar-refractivity contribution is -0.139. The summed E-state index contributed by atoms with van der Waals surface area (Å²) in [5, 5.41) is 20.7. The predicted octanol–water partition coefficient (Wildman–Crippen LogP) is 0.342. The first-order chi connectivity index (χ1) is 12.2. The highest BCUT2D eigenvalue weighted by molar-refractivity contribution is 5.97. The molecule has 0 radical (unpaired) electrons. The Labute approximate surface area is 150 Å². The molecule has 0 atom stereocenters. The summed E-state index contributed by atoms with van der Waals surface area (Å²) in [5.41, 5.74) is 0. The summed E-state index contributed by atoms with van der Waals surface area (Å²) in [4.78, 5) is 61.2. The van der Waals surface area contributed by atoms with Crippen molar-refractivity contribution in [2.75, 3.05) is 0 Å². The van der Waals surface area contributed by atoms with E-state index in [1.54, 1.807) is 0 Å². The molecule has 0 aromatic carbocycles. The molecule has 4 N–H and O–H groups in total. The van der Waals surface area contributed by atoms with Gasteiger partial charge in [0.05, 0.1) is 0 Å². The molecular weight excluding hydrogens is 348 g/mol. The summed E-state index contributed by atoms with van der Waals surface area (Å²) in [7, 11) is 0. The van der Waals surface area contributed by atoms with Gasteiger partial charge in [-0.05, 0) is 25.7 Å². The molecule has 2 rings (SSSR count). The highest BCUT2D eigenvalue weighted by Crippen LogP contribution is 2.01. The third-order valence-corrected chi connectivity index (χ3v) is 3.20. The maximum atomic E-state index is 10.3. The van der Waals surface area contributed by atoms with E-state index in [2.05, 4.69) is 10.6 Å². The quantitative estimate of drug-likeness (QED) is 0.396. The number of nitrogens with one attached hydrogen (secondary N) is 2. The molecule has 0 unspecified atom stereocenters. The molecule has 0 aromatic rings. The van der Waals surface area contributed by atoms with E-state index in [-0.39, 0.29) is 36.5 Å². The van der Waals surface area contributed by atoms with Gasteiger partial charge < -0.3 is 10.2 Å². The van der Waals surface area contributed by atoms with Crippen molar-refractivity contribution in [3.63, 3.8) is 0 Å². The second-order valence-electron chi connectivity index (χ2n) is 5.64. The average Bonchev–Trinajstić information content (AvgIpc) is 2.52. The molecule has 0 aromatic heterocycles. The number of carbonyl (C=O) groups excluding carboxylic acids is 4. The third kappa shape index (κ3) is 14.8. The summed E-state index contributed by atoms with van der Waals surface area (Å²) < 4.78 is 0. The zero-order chi connectivity index (χ0) is 19.9. The minimum Gasteiger partial charge on any atom is -0.481 e. The van der Waals surface area contributed by atoms with Crippen molar-refractivity contribution < 1.29 is 39.0 Å². The Morgan fingerprint density at radius 2 is 0.923 bits per heavy atom. The average molecular weight is 372 g/mol. The van der Waals surface area contributed by atoms with Gasteiger partial charge in [0.15, 0.2) is 0 Å². The molecule has 2 heterocycles. The van der Waals surface area contributed by atoms with Crippen LogP contribution in [0.3, 0.4) is 0 Å². The topological polar surface area (TPSA) is 167 Å². The van der Waals surface area contributed by atoms with Crippen molar-refractivity contribution in [1.29, 1.82) is 0 Å². The first-order valence-corrected chi connectivity index (χ1v) is 8.29. The number of aliphatic carboxylic acids is 2. The Balaban J connectivity index is 0.000000363. The van der Waals surface area contributed by atoms with Crippen LogP contribution < -0.4 is 10.6 Å². The monoisotopic (exact) mass is 372 g/mol. The van der Waals surface area contributed by atoms with Gasteiger partial charge in [-0.1, -0.05) is 0 Å². The molecule has 10 nitrogen and oxygen atoms in total. The first kappa shape index (κ1) is 23.2. The van der Waals surface area contributed by atoms with Gasteiger partial charge in [0.2, 0.25) is 23.6 Å². The van der Waals surface area contributed by atoms with E-state index in [0.29, 0.717) is 51.4 Å². The van der Waals surface area contributed by atoms with Crippen molar-refractivity contribution in [3.8, 4) is 0 Å². The van der Waals surface area contributed by atoms with Gasteiger partial charge in [-0.2, -0.15) is 0 Å². The number of amides is 4. The Morgan fingerprint density at radius 1 is 0.654 bits per heavy atom. The van der Waals surface area contributed by atoms with E-state index in [0.717, 1.165) is 0 Å². The summed E-state index contributed by atoms with van der Waals surface area (Å²) in [5.74, 6) is -2.29. The summed E-state index contributed by atoms with van der Waals surface area (Å²) in [6.07, 6.45) is 4.47. The second kappa shape index (κ2) is 13.5. The molecular formula is C16H24N2O8. The fourth-order valence-corrected chi connectivity index (χ4v) is 1.93. The van der Waals surface area contributed by atoms with Gasteiger partial charge in [0.25, 0.3) is 0 Å². The van der Waals surface area contributed by atoms with Crippen LogP contribution in [0.5, 0.6) is 0 Å². The molecule has 2 aliphatic rings. The Morgan fingerprint density at radius 3 is 1.08 bits per heavy atom. The fourth-order valence-electron chi connectivity index (χ4n) is 1.93. The van der Waals surface area contributed by atoms with E-state index < -0.39 is 11.9 Å². The molecule has 146 valence electrons. The molecule has 0 aliphatic carbocycles. The van der Waals surface area contributed by atoms with E-state index >= 15 is 0 Å². The number of carbonyl (C=O) groups is 6. The predicted molar refractivity (Wildman–Crippen MR) is 87.7 cm³/mol. The Hall–Kier alpha value is -2.78. The van der Waals surface area contributed by atoms with Crippen LogP contribution in [0.25, 0.3) is 0 Å². The van der Waals surface area contributed by atoms with Gasteiger partial charge in [0.1, 0.15) is 0 Å². The van der Waals surface area contributed by atoms with Crippen molar-refractivity contribution in [2.45, 2.75) is 64.2 Å². The molecule has 2 saturated heterocycles. The number of hydrogen-bond acceptors (Lipinski definition) is 6. The summed E-state index contributed by atoms with van der Waals surface area (Å²) >= 11 is 0. The van der Waals surface area contributed by atoms with Crippen LogP contribution >= 0.6 is 0 Å². The molecule has 4 amide bonds. The summed E-state index contributed by atoms with van der Waals surface area (Å²) in [6, 6.07) is 0. The molecule has 2 fully saturated rings. The van der Waals surface area contributed by atoms with Gasteiger partial charge in [-0.15, -0.1) is 0 Å². The zero-order valence-electron chi connectivity index (χ0n) is 14.4. The SMILES string of the molecule is O=C(O)CCCCC(=O)O.O=C1CCCC(=O)N1.O=C1CCCC(=O)N1. The lowest BCUT2D eigenvalue weighted by atomic mass is 10.1. The van der Waals surface area contributed by atoms with Gasteiger partial charge in [-0.25, -0.2) is 0 Å². The maximum Gasteiger partial charge on any atom is 0.303 e. The first-order valence-electron chi connectivity index (χ1n) is 8.29. The van der Waals surface area contributed by atoms with Crippen LogP contribution in [-0.2, 0) is 28.8 Å². The van der Waals surface area contributed by atoms with Crippen molar-refractivity contribution in [1.82, 2.24) is 10.6 Å². The molecule has 10 heteroatoms. The second-order valence-corrected chi connectivity index (χ2v) is 5.64. The lowest BCUT2D eigenvalue weighted by Crippen LogP contribution is -2.33. The number of carboxylic acids is 2. The maximum absolute atomic E-state index is 10.3. The van der Waals surface area contributed by atoms with Gasteiger partial charge >= 0.3 is 11.9 Å². The van der Waals surface area contributed by atoms with Crippen LogP contribution in [0, 0.1) is 0 Å². The van der Waals surface area contributed by atoms with E-state index in [1.165, 1.54) is 0 Å². The van der Waals surface area contributed by atoms with Crippen molar-refractivity contribution >= 4 is 35.6 Å². The fraction of sp³-hybridized carbons (Fsp3) is 0.625. The van der Waals surface area contributed by atoms with Gasteiger partial charge in [0, 0.05) is 38.5 Å². The van der Waals surface area contributed by atoms with Crippen LogP contribution in [0.4, 0.5) is 0 Å². The number of carboxylic acid groups (broad SMARTS) is 2. The largest absolute Gasteiger partial charge is 0.481 e. The van der Waals surface area contributed by atoms with Crippen molar-refractivity contribution in [2.24, 2.45) is 0 Å². The van der Waals surface area contributed by atoms with E-state index in [9.17, 15) is 28.8 Å². The number of unbranched alkanes of at least 4 members (excludes halogenated alkanes) is 1.